The van der Waals surface area contributed by atoms with E-state index in [0.717, 1.165) is 39.4 Å². The maximum absolute atomic E-state index is 6.07. The van der Waals surface area contributed by atoms with Crippen LogP contribution in [0, 0.1) is 0 Å². The quantitative estimate of drug-likeness (QED) is 0.704. The number of nitrogens with two attached hydrogens (primary N) is 1. The van der Waals surface area contributed by atoms with Gasteiger partial charge >= 0.3 is 0 Å². The topological polar surface area (TPSA) is 88.3 Å². The summed E-state index contributed by atoms with van der Waals surface area (Å²) in [6, 6.07) is 0.286. The van der Waals surface area contributed by atoms with Gasteiger partial charge in [-0.25, -0.2) is 9.97 Å². The summed E-state index contributed by atoms with van der Waals surface area (Å²) in [5, 5.41) is 6.49. The minimum Gasteiger partial charge on any atom is -0.393 e. The van der Waals surface area contributed by atoms with Gasteiger partial charge in [-0.2, -0.15) is 0 Å². The van der Waals surface area contributed by atoms with Crippen LogP contribution >= 0.6 is 0 Å². The zero-order chi connectivity index (χ0) is 14.4. The molecule has 0 spiro atoms. The summed E-state index contributed by atoms with van der Waals surface area (Å²) in [5.74, 6) is 1.38. The largest absolute Gasteiger partial charge is 0.393 e. The second-order valence-electron chi connectivity index (χ2n) is 5.16. The molecule has 0 aliphatic carbocycles. The van der Waals surface area contributed by atoms with Gasteiger partial charge in [0.05, 0.1) is 13.2 Å². The monoisotopic (exact) mass is 280 g/mol. The molecule has 0 radical (unpaired) electrons. The number of nitrogen functional groups attached to an aromatic ring is 1. The molecule has 7 heteroatoms. The number of hydrogen-bond donors (Lipinski definition) is 3. The van der Waals surface area contributed by atoms with Gasteiger partial charge in [-0.1, -0.05) is 0 Å². The molecule has 0 aromatic carbocycles. The molecule has 0 saturated carbocycles. The maximum Gasteiger partial charge on any atom is 0.155 e. The number of hydrogen-bond acceptors (Lipinski definition) is 7. The first kappa shape index (κ1) is 14.8. The molecule has 1 aromatic heterocycles. The van der Waals surface area contributed by atoms with Crippen LogP contribution in [0.15, 0.2) is 6.33 Å². The third-order valence-corrected chi connectivity index (χ3v) is 3.13. The third-order valence-electron chi connectivity index (χ3n) is 3.13. The van der Waals surface area contributed by atoms with Gasteiger partial charge in [0, 0.05) is 32.2 Å². The SMILES string of the molecule is CC(C)Nc1ncnc(NCCN2CCOCC2)c1N. The minimum absolute atomic E-state index is 0.286. The summed E-state index contributed by atoms with van der Waals surface area (Å²) in [6.07, 6.45) is 1.53. The normalized spacial score (nSPS) is 16.4. The highest BCUT2D eigenvalue weighted by Gasteiger charge is 2.11. The Bertz CT molecular complexity index is 419. The minimum atomic E-state index is 0.286. The maximum atomic E-state index is 6.07. The zero-order valence-corrected chi connectivity index (χ0v) is 12.2. The van der Waals surface area contributed by atoms with Crippen molar-refractivity contribution in [3.63, 3.8) is 0 Å². The van der Waals surface area contributed by atoms with Crippen LogP contribution in [-0.2, 0) is 4.74 Å². The summed E-state index contributed by atoms with van der Waals surface area (Å²) in [7, 11) is 0. The van der Waals surface area contributed by atoms with Crippen molar-refractivity contribution < 1.29 is 4.74 Å². The number of anilines is 3. The van der Waals surface area contributed by atoms with Crippen LogP contribution in [0.3, 0.4) is 0 Å². The van der Waals surface area contributed by atoms with Crippen LogP contribution in [0.4, 0.5) is 17.3 Å². The molecule has 1 aliphatic rings. The molecule has 1 saturated heterocycles. The van der Waals surface area contributed by atoms with E-state index >= 15 is 0 Å². The fraction of sp³-hybridized carbons (Fsp3) is 0.692. The van der Waals surface area contributed by atoms with Crippen molar-refractivity contribution in [2.75, 3.05) is 55.8 Å². The molecule has 4 N–H and O–H groups in total. The fourth-order valence-electron chi connectivity index (χ4n) is 2.08. The van der Waals surface area contributed by atoms with Crippen LogP contribution in [-0.4, -0.2) is 60.3 Å². The van der Waals surface area contributed by atoms with E-state index in [1.807, 2.05) is 13.8 Å². The number of nitrogens with one attached hydrogen (secondary N) is 2. The predicted molar refractivity (Wildman–Crippen MR) is 81.0 cm³/mol. The molecular formula is C13H24N6O. The second kappa shape index (κ2) is 7.25. The van der Waals surface area contributed by atoms with E-state index in [1.54, 1.807) is 0 Å². The number of aromatic nitrogens is 2. The zero-order valence-electron chi connectivity index (χ0n) is 12.2. The van der Waals surface area contributed by atoms with Gasteiger partial charge < -0.3 is 21.1 Å². The molecule has 0 atom stereocenters. The molecule has 0 amide bonds. The lowest BCUT2D eigenvalue weighted by Crippen LogP contribution is -2.39. The van der Waals surface area contributed by atoms with Crippen LogP contribution in [0.25, 0.3) is 0 Å². The molecule has 112 valence electrons. The Hall–Kier alpha value is -1.60. The average molecular weight is 280 g/mol. The van der Waals surface area contributed by atoms with Crippen molar-refractivity contribution in [1.29, 1.82) is 0 Å². The molecule has 7 nitrogen and oxygen atoms in total. The van der Waals surface area contributed by atoms with Crippen molar-refractivity contribution in [3.8, 4) is 0 Å². The van der Waals surface area contributed by atoms with E-state index < -0.39 is 0 Å². The third kappa shape index (κ3) is 4.21. The fourth-order valence-corrected chi connectivity index (χ4v) is 2.08. The average Bonchev–Trinajstić information content (AvgIpc) is 2.43. The van der Waals surface area contributed by atoms with E-state index in [2.05, 4.69) is 25.5 Å². The van der Waals surface area contributed by atoms with E-state index in [1.165, 1.54) is 6.33 Å². The second-order valence-corrected chi connectivity index (χ2v) is 5.16. The Morgan fingerprint density at radius 3 is 2.70 bits per heavy atom. The molecular weight excluding hydrogens is 256 g/mol. The highest BCUT2D eigenvalue weighted by molar-refractivity contribution is 5.74. The Kier molecular flexibility index (Phi) is 5.37. The van der Waals surface area contributed by atoms with E-state index in [9.17, 15) is 0 Å². The molecule has 20 heavy (non-hydrogen) atoms. The van der Waals surface area contributed by atoms with Crippen LogP contribution in [0.2, 0.25) is 0 Å². The molecule has 1 aromatic rings. The first-order valence-corrected chi connectivity index (χ1v) is 7.08. The van der Waals surface area contributed by atoms with Crippen molar-refractivity contribution in [2.45, 2.75) is 19.9 Å². The van der Waals surface area contributed by atoms with Gasteiger partial charge in [0.15, 0.2) is 11.6 Å². The summed E-state index contributed by atoms with van der Waals surface area (Å²) in [6.45, 7) is 9.47. The molecule has 0 unspecified atom stereocenters. The van der Waals surface area contributed by atoms with Crippen LogP contribution < -0.4 is 16.4 Å². The van der Waals surface area contributed by atoms with E-state index in [4.69, 9.17) is 10.5 Å². The number of ether oxygens (including phenoxy) is 1. The number of morpholine rings is 1. The standard InChI is InChI=1S/C13H24N6O/c1-10(2)18-13-11(14)12(16-9-17-13)15-3-4-19-5-7-20-8-6-19/h9-10H,3-8,14H2,1-2H3,(H2,15,16,17,18). The summed E-state index contributed by atoms with van der Waals surface area (Å²) in [4.78, 5) is 10.7. The Morgan fingerprint density at radius 2 is 2.00 bits per heavy atom. The lowest BCUT2D eigenvalue weighted by molar-refractivity contribution is 0.0398. The lowest BCUT2D eigenvalue weighted by Gasteiger charge is -2.26. The highest BCUT2D eigenvalue weighted by Crippen LogP contribution is 2.22. The van der Waals surface area contributed by atoms with Gasteiger partial charge in [-0.05, 0) is 13.8 Å². The molecule has 1 fully saturated rings. The predicted octanol–water partition coefficient (Wildman–Crippen LogP) is 0.623. The summed E-state index contributed by atoms with van der Waals surface area (Å²) in [5.41, 5.74) is 6.64. The molecule has 2 rings (SSSR count). The Labute approximate surface area is 119 Å². The van der Waals surface area contributed by atoms with Gasteiger partial charge in [0.1, 0.15) is 12.0 Å². The lowest BCUT2D eigenvalue weighted by atomic mass is 10.3. The van der Waals surface area contributed by atoms with Gasteiger partial charge in [-0.3, -0.25) is 4.90 Å². The van der Waals surface area contributed by atoms with Crippen LogP contribution in [0.5, 0.6) is 0 Å². The van der Waals surface area contributed by atoms with Crippen molar-refractivity contribution >= 4 is 17.3 Å². The number of rotatable bonds is 6. The van der Waals surface area contributed by atoms with E-state index in [-0.39, 0.29) is 6.04 Å². The van der Waals surface area contributed by atoms with Crippen molar-refractivity contribution in [3.05, 3.63) is 6.33 Å². The summed E-state index contributed by atoms with van der Waals surface area (Å²) < 4.78 is 5.33. The number of nitrogens with zero attached hydrogens (tertiary/aromatic N) is 3. The van der Waals surface area contributed by atoms with Gasteiger partial charge in [0.2, 0.25) is 0 Å². The van der Waals surface area contributed by atoms with Crippen LogP contribution in [0.1, 0.15) is 13.8 Å². The molecule has 0 bridgehead atoms. The van der Waals surface area contributed by atoms with Gasteiger partial charge in [0.25, 0.3) is 0 Å². The van der Waals surface area contributed by atoms with Crippen molar-refractivity contribution in [1.82, 2.24) is 14.9 Å². The molecule has 1 aliphatic heterocycles. The Balaban J connectivity index is 1.85. The van der Waals surface area contributed by atoms with Gasteiger partial charge in [-0.15, -0.1) is 0 Å². The molecule has 2 heterocycles. The first-order valence-electron chi connectivity index (χ1n) is 7.08. The van der Waals surface area contributed by atoms with Crippen molar-refractivity contribution in [2.24, 2.45) is 0 Å². The summed E-state index contributed by atoms with van der Waals surface area (Å²) >= 11 is 0. The first-order chi connectivity index (χ1) is 9.66. The smallest absolute Gasteiger partial charge is 0.155 e. The highest BCUT2D eigenvalue weighted by atomic mass is 16.5. The Morgan fingerprint density at radius 1 is 1.30 bits per heavy atom. The van der Waals surface area contributed by atoms with E-state index in [0.29, 0.717) is 17.3 Å².